The van der Waals surface area contributed by atoms with Crippen LogP contribution in [0.1, 0.15) is 40.7 Å². The Balaban J connectivity index is 1.85. The van der Waals surface area contributed by atoms with Gasteiger partial charge in [-0.1, -0.05) is 17.3 Å². The minimum absolute atomic E-state index is 0.0199. The summed E-state index contributed by atoms with van der Waals surface area (Å²) in [5.74, 6) is -0.163. The summed E-state index contributed by atoms with van der Waals surface area (Å²) >= 11 is 0. The molecule has 1 atom stereocenters. The van der Waals surface area contributed by atoms with Crippen molar-refractivity contribution in [2.24, 2.45) is 0 Å². The SMILES string of the molecule is Cc1cc(C(=O)N2CCC[C@H]2c2ccc(F)cc2)on1. The van der Waals surface area contributed by atoms with Gasteiger partial charge in [0.15, 0.2) is 0 Å². The maximum absolute atomic E-state index is 13.0. The third kappa shape index (κ3) is 2.31. The van der Waals surface area contributed by atoms with Crippen LogP contribution in [0.15, 0.2) is 34.9 Å². The molecule has 0 aliphatic carbocycles. The number of halogens is 1. The van der Waals surface area contributed by atoms with E-state index in [1.165, 1.54) is 12.1 Å². The van der Waals surface area contributed by atoms with Crippen LogP contribution in [0, 0.1) is 12.7 Å². The molecule has 2 aromatic rings. The van der Waals surface area contributed by atoms with E-state index in [0.29, 0.717) is 12.2 Å². The molecule has 5 heteroatoms. The van der Waals surface area contributed by atoms with Crippen molar-refractivity contribution in [1.82, 2.24) is 10.1 Å². The van der Waals surface area contributed by atoms with Gasteiger partial charge in [-0.05, 0) is 37.5 Å². The highest BCUT2D eigenvalue weighted by atomic mass is 19.1. The molecule has 0 radical (unpaired) electrons. The van der Waals surface area contributed by atoms with Gasteiger partial charge in [0, 0.05) is 12.6 Å². The van der Waals surface area contributed by atoms with Gasteiger partial charge in [0.05, 0.1) is 11.7 Å². The second-order valence-corrected chi connectivity index (χ2v) is 5.04. The van der Waals surface area contributed by atoms with E-state index in [9.17, 15) is 9.18 Å². The van der Waals surface area contributed by atoms with Gasteiger partial charge in [-0.25, -0.2) is 4.39 Å². The Kier molecular flexibility index (Phi) is 3.26. The number of amides is 1. The molecule has 1 saturated heterocycles. The molecule has 0 bridgehead atoms. The van der Waals surface area contributed by atoms with Crippen LogP contribution in [0.2, 0.25) is 0 Å². The standard InChI is InChI=1S/C15H15FN2O2/c1-10-9-14(20-17-10)15(19)18-8-2-3-13(18)11-4-6-12(16)7-5-11/h4-7,9,13H,2-3,8H2,1H3/t13-/m0/s1. The topological polar surface area (TPSA) is 46.3 Å². The van der Waals surface area contributed by atoms with Crippen molar-refractivity contribution >= 4 is 5.91 Å². The molecule has 104 valence electrons. The lowest BCUT2D eigenvalue weighted by molar-refractivity contribution is 0.0693. The zero-order valence-corrected chi connectivity index (χ0v) is 11.2. The number of likely N-dealkylation sites (tertiary alicyclic amines) is 1. The molecule has 0 N–H and O–H groups in total. The molecule has 1 amide bonds. The van der Waals surface area contributed by atoms with Crippen molar-refractivity contribution in [3.63, 3.8) is 0 Å². The fraction of sp³-hybridized carbons (Fsp3) is 0.333. The molecule has 1 aromatic heterocycles. The molecular weight excluding hydrogens is 259 g/mol. The van der Waals surface area contributed by atoms with Crippen LogP contribution >= 0.6 is 0 Å². The molecule has 4 nitrogen and oxygen atoms in total. The Morgan fingerprint density at radius 2 is 2.15 bits per heavy atom. The van der Waals surface area contributed by atoms with Crippen molar-refractivity contribution in [2.45, 2.75) is 25.8 Å². The summed E-state index contributed by atoms with van der Waals surface area (Å²) in [5, 5.41) is 3.75. The number of nitrogens with zero attached hydrogens (tertiary/aromatic N) is 2. The third-order valence-corrected chi connectivity index (χ3v) is 3.61. The molecule has 3 rings (SSSR count). The molecule has 1 fully saturated rings. The average Bonchev–Trinajstić information content (AvgIpc) is 3.07. The smallest absolute Gasteiger partial charge is 0.292 e. The second-order valence-electron chi connectivity index (χ2n) is 5.04. The molecule has 0 unspecified atom stereocenters. The van der Waals surface area contributed by atoms with E-state index in [0.717, 1.165) is 18.4 Å². The summed E-state index contributed by atoms with van der Waals surface area (Å²) in [6.45, 7) is 2.46. The number of hydrogen-bond acceptors (Lipinski definition) is 3. The van der Waals surface area contributed by atoms with Crippen LogP contribution in [0.25, 0.3) is 0 Å². The number of aryl methyl sites for hydroxylation is 1. The first-order valence-electron chi connectivity index (χ1n) is 6.65. The fourth-order valence-electron chi connectivity index (χ4n) is 2.65. The highest BCUT2D eigenvalue weighted by Crippen LogP contribution is 2.33. The minimum atomic E-state index is -0.268. The molecule has 1 aliphatic rings. The lowest BCUT2D eigenvalue weighted by Gasteiger charge is -2.23. The number of carbonyl (C=O) groups excluding carboxylic acids is 1. The normalized spacial score (nSPS) is 18.5. The van der Waals surface area contributed by atoms with Gasteiger partial charge in [-0.2, -0.15) is 0 Å². The third-order valence-electron chi connectivity index (χ3n) is 3.61. The first kappa shape index (κ1) is 12.8. The van der Waals surface area contributed by atoms with Gasteiger partial charge in [0.2, 0.25) is 5.76 Å². The van der Waals surface area contributed by atoms with Crippen molar-refractivity contribution in [3.8, 4) is 0 Å². The molecule has 20 heavy (non-hydrogen) atoms. The van der Waals surface area contributed by atoms with Crippen LogP contribution in [0.4, 0.5) is 4.39 Å². The van der Waals surface area contributed by atoms with Crippen molar-refractivity contribution < 1.29 is 13.7 Å². The molecule has 1 aliphatic heterocycles. The minimum Gasteiger partial charge on any atom is -0.351 e. The van der Waals surface area contributed by atoms with Crippen LogP contribution < -0.4 is 0 Å². The Hall–Kier alpha value is -2.17. The van der Waals surface area contributed by atoms with Crippen molar-refractivity contribution in [1.29, 1.82) is 0 Å². The van der Waals surface area contributed by atoms with Crippen molar-refractivity contribution in [3.05, 3.63) is 53.2 Å². The van der Waals surface area contributed by atoms with Gasteiger partial charge < -0.3 is 9.42 Å². The summed E-state index contributed by atoms with van der Waals surface area (Å²) < 4.78 is 18.0. The highest BCUT2D eigenvalue weighted by Gasteiger charge is 2.32. The number of rotatable bonds is 2. The van der Waals surface area contributed by atoms with Gasteiger partial charge in [0.25, 0.3) is 5.91 Å². The van der Waals surface area contributed by atoms with Crippen LogP contribution in [0.3, 0.4) is 0 Å². The number of carbonyl (C=O) groups is 1. The molecule has 0 saturated carbocycles. The Labute approximate surface area is 116 Å². The van der Waals surface area contributed by atoms with E-state index >= 15 is 0 Å². The maximum Gasteiger partial charge on any atom is 0.292 e. The number of hydrogen-bond donors (Lipinski definition) is 0. The van der Waals surface area contributed by atoms with Crippen LogP contribution in [-0.4, -0.2) is 22.5 Å². The lowest BCUT2D eigenvalue weighted by atomic mass is 10.0. The zero-order valence-electron chi connectivity index (χ0n) is 11.2. The molecule has 0 spiro atoms. The predicted octanol–water partition coefficient (Wildman–Crippen LogP) is 3.10. The molecule has 2 heterocycles. The van der Waals surface area contributed by atoms with E-state index < -0.39 is 0 Å². The van der Waals surface area contributed by atoms with E-state index in [4.69, 9.17) is 4.52 Å². The Bertz CT molecular complexity index is 621. The molecular formula is C15H15FN2O2. The largest absolute Gasteiger partial charge is 0.351 e. The van der Waals surface area contributed by atoms with E-state index in [1.807, 2.05) is 0 Å². The number of aromatic nitrogens is 1. The monoisotopic (exact) mass is 274 g/mol. The Morgan fingerprint density at radius 1 is 1.40 bits per heavy atom. The lowest BCUT2D eigenvalue weighted by Crippen LogP contribution is -2.30. The first-order valence-corrected chi connectivity index (χ1v) is 6.65. The van der Waals surface area contributed by atoms with E-state index in [2.05, 4.69) is 5.16 Å². The summed E-state index contributed by atoms with van der Waals surface area (Å²) in [7, 11) is 0. The maximum atomic E-state index is 13.0. The quantitative estimate of drug-likeness (QED) is 0.845. The summed E-state index contributed by atoms with van der Waals surface area (Å²) in [6, 6.07) is 7.94. The highest BCUT2D eigenvalue weighted by molar-refractivity contribution is 5.92. The zero-order chi connectivity index (χ0) is 14.1. The van der Waals surface area contributed by atoms with Gasteiger partial charge in [-0.15, -0.1) is 0 Å². The fourth-order valence-corrected chi connectivity index (χ4v) is 2.65. The predicted molar refractivity (Wildman–Crippen MR) is 70.7 cm³/mol. The van der Waals surface area contributed by atoms with E-state index in [1.54, 1.807) is 30.0 Å². The average molecular weight is 274 g/mol. The van der Waals surface area contributed by atoms with Gasteiger partial charge in [0.1, 0.15) is 5.82 Å². The molecule has 1 aromatic carbocycles. The van der Waals surface area contributed by atoms with Crippen LogP contribution in [0.5, 0.6) is 0 Å². The van der Waals surface area contributed by atoms with Gasteiger partial charge in [-0.3, -0.25) is 4.79 Å². The van der Waals surface area contributed by atoms with Crippen molar-refractivity contribution in [2.75, 3.05) is 6.54 Å². The summed E-state index contributed by atoms with van der Waals surface area (Å²) in [5.41, 5.74) is 1.64. The van der Waals surface area contributed by atoms with Gasteiger partial charge >= 0.3 is 0 Å². The second kappa shape index (κ2) is 5.07. The first-order chi connectivity index (χ1) is 9.65. The van der Waals surface area contributed by atoms with E-state index in [-0.39, 0.29) is 23.5 Å². The summed E-state index contributed by atoms with van der Waals surface area (Å²) in [4.78, 5) is 14.2. The summed E-state index contributed by atoms with van der Waals surface area (Å²) in [6.07, 6.45) is 1.81. The number of benzene rings is 1. The van der Waals surface area contributed by atoms with Crippen LogP contribution in [-0.2, 0) is 0 Å². The Morgan fingerprint density at radius 3 is 2.80 bits per heavy atom.